The number of aliphatic imine (C=N–C) groups is 1. The summed E-state index contributed by atoms with van der Waals surface area (Å²) >= 11 is 6.43. The number of nitrogens with zero attached hydrogens (tertiary/aromatic N) is 3. The van der Waals surface area contributed by atoms with Gasteiger partial charge in [-0.25, -0.2) is 9.38 Å². The van der Waals surface area contributed by atoms with E-state index < -0.39 is 0 Å². The third kappa shape index (κ3) is 4.14. The Labute approximate surface area is 164 Å². The number of halogens is 2. The maximum atomic E-state index is 13.8. The molecule has 0 amide bonds. The summed E-state index contributed by atoms with van der Waals surface area (Å²) in [5, 5.41) is 4.77. The van der Waals surface area contributed by atoms with E-state index in [1.54, 1.807) is 19.3 Å². The Hall–Kier alpha value is -2.40. The first-order valence-corrected chi connectivity index (χ1v) is 9.31. The molecule has 0 saturated heterocycles. The fourth-order valence-electron chi connectivity index (χ4n) is 2.99. The zero-order valence-electron chi connectivity index (χ0n) is 16.0. The van der Waals surface area contributed by atoms with Crippen LogP contribution in [0, 0.1) is 19.7 Å². The first-order chi connectivity index (χ1) is 12.9. The lowest BCUT2D eigenvalue weighted by Gasteiger charge is -2.14. The summed E-state index contributed by atoms with van der Waals surface area (Å²) in [4.78, 5) is 12.1. The van der Waals surface area contributed by atoms with E-state index in [2.05, 4.69) is 17.1 Å². The molecular weight excluding hydrogens is 365 g/mol. The fraction of sp³-hybridized carbons (Fsp3) is 0.333. The molecule has 0 aromatic heterocycles. The largest absolute Gasteiger partial charge is 0.387 e. The Morgan fingerprint density at radius 1 is 1.37 bits per heavy atom. The second-order valence-corrected chi connectivity index (χ2v) is 7.13. The van der Waals surface area contributed by atoms with Crippen LogP contribution in [0.3, 0.4) is 0 Å². The highest BCUT2D eigenvalue weighted by Gasteiger charge is 2.27. The number of aryl methyl sites for hydroxylation is 1. The van der Waals surface area contributed by atoms with E-state index >= 15 is 0 Å². The lowest BCUT2D eigenvalue weighted by Crippen LogP contribution is -2.14. The van der Waals surface area contributed by atoms with Crippen molar-refractivity contribution in [1.29, 1.82) is 0 Å². The van der Waals surface area contributed by atoms with E-state index in [4.69, 9.17) is 16.4 Å². The van der Waals surface area contributed by atoms with Gasteiger partial charge >= 0.3 is 0 Å². The molecule has 0 bridgehead atoms. The summed E-state index contributed by atoms with van der Waals surface area (Å²) in [7, 11) is 1.96. The van der Waals surface area contributed by atoms with Gasteiger partial charge < -0.3 is 9.74 Å². The van der Waals surface area contributed by atoms with Gasteiger partial charge in [0.1, 0.15) is 5.82 Å². The smallest absolute Gasteiger partial charge is 0.158 e. The molecule has 0 radical (unpaired) electrons. The summed E-state index contributed by atoms with van der Waals surface area (Å²) in [5.74, 6) is -0.239. The number of benzene rings is 2. The van der Waals surface area contributed by atoms with Crippen molar-refractivity contribution in [2.24, 2.45) is 10.1 Å². The van der Waals surface area contributed by atoms with Crippen molar-refractivity contribution < 1.29 is 9.23 Å². The lowest BCUT2D eigenvalue weighted by molar-refractivity contribution is 0.0853. The quantitative estimate of drug-likeness (QED) is 0.496. The van der Waals surface area contributed by atoms with Gasteiger partial charge in [0, 0.05) is 25.6 Å². The fourth-order valence-corrected chi connectivity index (χ4v) is 3.21. The zero-order valence-corrected chi connectivity index (χ0v) is 16.7. The standard InChI is InChI=1S/C21H23ClFN3O/c1-5-26(4)12-24-20-9-13(2)16(10-17(20)22)21-11-19(25-27-21)15-7-6-8-18(23)14(15)3/h6-10,12,21H,5,11H2,1-4H3/b24-12-. The molecule has 2 aromatic rings. The van der Waals surface area contributed by atoms with Crippen LogP contribution >= 0.6 is 11.6 Å². The molecule has 0 fully saturated rings. The third-order valence-electron chi connectivity index (χ3n) is 4.82. The molecule has 6 heteroatoms. The van der Waals surface area contributed by atoms with Gasteiger partial charge in [-0.05, 0) is 55.7 Å². The molecule has 1 heterocycles. The van der Waals surface area contributed by atoms with Crippen molar-refractivity contribution in [3.05, 3.63) is 63.4 Å². The van der Waals surface area contributed by atoms with E-state index in [1.807, 2.05) is 37.1 Å². The molecule has 0 spiro atoms. The summed E-state index contributed by atoms with van der Waals surface area (Å²) < 4.78 is 13.8. The van der Waals surface area contributed by atoms with Gasteiger partial charge in [-0.15, -0.1) is 0 Å². The Morgan fingerprint density at radius 2 is 2.15 bits per heavy atom. The van der Waals surface area contributed by atoms with Crippen molar-refractivity contribution in [3.63, 3.8) is 0 Å². The molecule has 2 aromatic carbocycles. The van der Waals surface area contributed by atoms with Crippen LogP contribution in [-0.2, 0) is 4.84 Å². The van der Waals surface area contributed by atoms with E-state index in [-0.39, 0.29) is 11.9 Å². The van der Waals surface area contributed by atoms with Crippen LogP contribution in [-0.4, -0.2) is 30.5 Å². The van der Waals surface area contributed by atoms with Crippen molar-refractivity contribution in [2.45, 2.75) is 33.3 Å². The highest BCUT2D eigenvalue weighted by molar-refractivity contribution is 6.33. The molecule has 0 saturated carbocycles. The van der Waals surface area contributed by atoms with Crippen molar-refractivity contribution in [2.75, 3.05) is 13.6 Å². The highest BCUT2D eigenvalue weighted by atomic mass is 35.5. The van der Waals surface area contributed by atoms with Crippen LogP contribution in [0.1, 0.15) is 41.7 Å². The lowest BCUT2D eigenvalue weighted by atomic mass is 9.95. The average molecular weight is 388 g/mol. The predicted octanol–water partition coefficient (Wildman–Crippen LogP) is 5.57. The van der Waals surface area contributed by atoms with E-state index in [0.29, 0.717) is 17.0 Å². The van der Waals surface area contributed by atoms with Crippen molar-refractivity contribution in [1.82, 2.24) is 4.90 Å². The van der Waals surface area contributed by atoms with Gasteiger partial charge in [0.05, 0.1) is 22.8 Å². The molecule has 142 valence electrons. The van der Waals surface area contributed by atoms with Crippen LogP contribution in [0.4, 0.5) is 10.1 Å². The number of hydrogen-bond donors (Lipinski definition) is 0. The van der Waals surface area contributed by atoms with Gasteiger partial charge in [0.2, 0.25) is 0 Å². The molecular formula is C21H23ClFN3O. The molecule has 1 aliphatic rings. The summed E-state index contributed by atoms with van der Waals surface area (Å²) in [6.45, 7) is 6.68. The maximum Gasteiger partial charge on any atom is 0.158 e. The highest BCUT2D eigenvalue weighted by Crippen LogP contribution is 2.37. The third-order valence-corrected chi connectivity index (χ3v) is 5.13. The molecule has 4 nitrogen and oxygen atoms in total. The molecule has 3 rings (SSSR count). The molecule has 0 N–H and O–H groups in total. The van der Waals surface area contributed by atoms with E-state index in [9.17, 15) is 4.39 Å². The Morgan fingerprint density at radius 3 is 2.89 bits per heavy atom. The Balaban J connectivity index is 1.81. The molecule has 1 unspecified atom stereocenters. The predicted molar refractivity (Wildman–Crippen MR) is 109 cm³/mol. The molecule has 1 aliphatic heterocycles. The van der Waals surface area contributed by atoms with Gasteiger partial charge in [-0.2, -0.15) is 0 Å². The minimum absolute atomic E-state index is 0.239. The zero-order chi connectivity index (χ0) is 19.6. The van der Waals surface area contributed by atoms with Crippen LogP contribution in [0.2, 0.25) is 5.02 Å². The first-order valence-electron chi connectivity index (χ1n) is 8.93. The SMILES string of the molecule is CCN(C)/C=N\c1cc(C)c(C2CC(c3cccc(F)c3C)=NO2)cc1Cl. The second-order valence-electron chi connectivity index (χ2n) is 6.73. The molecule has 27 heavy (non-hydrogen) atoms. The van der Waals surface area contributed by atoms with Gasteiger partial charge in [-0.1, -0.05) is 28.9 Å². The second kappa shape index (κ2) is 8.09. The Kier molecular flexibility index (Phi) is 5.80. The number of hydrogen-bond acceptors (Lipinski definition) is 3. The van der Waals surface area contributed by atoms with Crippen LogP contribution in [0.15, 0.2) is 40.5 Å². The summed E-state index contributed by atoms with van der Waals surface area (Å²) in [6.07, 6.45) is 2.10. The van der Waals surface area contributed by atoms with Gasteiger partial charge in [0.25, 0.3) is 0 Å². The van der Waals surface area contributed by atoms with E-state index in [0.717, 1.165) is 34.6 Å². The molecule has 1 atom stereocenters. The first kappa shape index (κ1) is 19.4. The van der Waals surface area contributed by atoms with Crippen LogP contribution < -0.4 is 0 Å². The van der Waals surface area contributed by atoms with Crippen LogP contribution in [0.25, 0.3) is 0 Å². The average Bonchev–Trinajstić information content (AvgIpc) is 3.13. The Bertz CT molecular complexity index is 911. The number of oxime groups is 1. The minimum atomic E-state index is -0.239. The summed E-state index contributed by atoms with van der Waals surface area (Å²) in [6, 6.07) is 8.84. The maximum absolute atomic E-state index is 13.8. The normalized spacial score (nSPS) is 16.5. The number of rotatable bonds is 5. The summed E-state index contributed by atoms with van der Waals surface area (Å²) in [5.41, 5.74) is 4.83. The van der Waals surface area contributed by atoms with E-state index in [1.165, 1.54) is 6.07 Å². The monoisotopic (exact) mass is 387 g/mol. The molecule has 0 aliphatic carbocycles. The van der Waals surface area contributed by atoms with Gasteiger partial charge in [0.15, 0.2) is 6.10 Å². The topological polar surface area (TPSA) is 37.2 Å². The van der Waals surface area contributed by atoms with Crippen molar-refractivity contribution >= 4 is 29.3 Å². The minimum Gasteiger partial charge on any atom is -0.387 e. The van der Waals surface area contributed by atoms with Crippen molar-refractivity contribution in [3.8, 4) is 0 Å². The van der Waals surface area contributed by atoms with Crippen LogP contribution in [0.5, 0.6) is 0 Å². The van der Waals surface area contributed by atoms with Gasteiger partial charge in [-0.3, -0.25) is 0 Å².